The van der Waals surface area contributed by atoms with Crippen LogP contribution in [-0.4, -0.2) is 11.4 Å². The molecule has 0 spiro atoms. The maximum Gasteiger partial charge on any atom is 0.0636 e. The first-order chi connectivity index (χ1) is 22.6. The van der Waals surface area contributed by atoms with Crippen molar-refractivity contribution in [2.75, 3.05) is 0 Å². The summed E-state index contributed by atoms with van der Waals surface area (Å²) in [5, 5.41) is 0. The standard InChI is InChI=1S/C44H72N2.Ni/c1-7-13-15-16-17-18-19-20-21-22-23-24-30-44(46-42-34-32-38(26-10-4)40(36-42)28-12-6)43(29-14-8-2)45-41-33-31-37(25-9-3)39(35-41)27-11-5;/h31-36H,7-30H2,1-6H3;. The zero-order valence-corrected chi connectivity index (χ0v) is 32.6. The molecule has 2 aromatic carbocycles. The summed E-state index contributed by atoms with van der Waals surface area (Å²) in [4.78, 5) is 10.8. The maximum atomic E-state index is 5.43. The van der Waals surface area contributed by atoms with Gasteiger partial charge in [0.25, 0.3) is 0 Å². The fourth-order valence-corrected chi connectivity index (χ4v) is 6.71. The van der Waals surface area contributed by atoms with Gasteiger partial charge in [-0.05, 0) is 97.9 Å². The summed E-state index contributed by atoms with van der Waals surface area (Å²) < 4.78 is 0. The SMILES string of the molecule is CCCCCCCCCCCCCCC(=Nc1ccc(CCC)c(CCC)c1)C(CCCC)=Nc1ccc(CCC)c(CCC)c1.[Ni]. The maximum absolute atomic E-state index is 5.43. The Morgan fingerprint density at radius 3 is 1.11 bits per heavy atom. The van der Waals surface area contributed by atoms with Crippen LogP contribution in [0.2, 0.25) is 0 Å². The summed E-state index contributed by atoms with van der Waals surface area (Å²) in [6, 6.07) is 14.0. The van der Waals surface area contributed by atoms with Crippen molar-refractivity contribution in [2.45, 2.75) is 196 Å². The van der Waals surface area contributed by atoms with E-state index in [0.29, 0.717) is 0 Å². The van der Waals surface area contributed by atoms with Gasteiger partial charge in [-0.3, -0.25) is 9.98 Å². The second-order valence-electron chi connectivity index (χ2n) is 13.8. The molecule has 0 bridgehead atoms. The minimum Gasteiger partial charge on any atom is -0.252 e. The number of benzene rings is 2. The van der Waals surface area contributed by atoms with Gasteiger partial charge in [-0.1, -0.05) is 156 Å². The van der Waals surface area contributed by atoms with Crippen LogP contribution in [0.25, 0.3) is 0 Å². The fraction of sp³-hybridized carbons (Fsp3) is 0.682. The van der Waals surface area contributed by atoms with Gasteiger partial charge in [0.15, 0.2) is 0 Å². The van der Waals surface area contributed by atoms with Crippen LogP contribution >= 0.6 is 0 Å². The Balaban J connectivity index is 0.0000110. The predicted octanol–water partition coefficient (Wildman–Crippen LogP) is 14.6. The molecule has 0 saturated carbocycles. The molecule has 2 aromatic rings. The smallest absolute Gasteiger partial charge is 0.0636 e. The first kappa shape index (κ1) is 43.3. The van der Waals surface area contributed by atoms with E-state index in [9.17, 15) is 0 Å². The zero-order valence-electron chi connectivity index (χ0n) is 31.6. The largest absolute Gasteiger partial charge is 0.252 e. The van der Waals surface area contributed by atoms with Crippen LogP contribution in [0.1, 0.15) is 192 Å². The van der Waals surface area contributed by atoms with Gasteiger partial charge < -0.3 is 0 Å². The van der Waals surface area contributed by atoms with Gasteiger partial charge >= 0.3 is 0 Å². The topological polar surface area (TPSA) is 24.7 Å². The third kappa shape index (κ3) is 18.0. The average Bonchev–Trinajstić information content (AvgIpc) is 3.05. The van der Waals surface area contributed by atoms with Crippen molar-refractivity contribution in [1.82, 2.24) is 0 Å². The van der Waals surface area contributed by atoms with Crippen molar-refractivity contribution in [3.8, 4) is 0 Å². The van der Waals surface area contributed by atoms with Crippen molar-refractivity contribution in [3.05, 3.63) is 58.7 Å². The summed E-state index contributed by atoms with van der Waals surface area (Å²) >= 11 is 0. The van der Waals surface area contributed by atoms with Crippen LogP contribution in [0.15, 0.2) is 46.4 Å². The predicted molar refractivity (Wildman–Crippen MR) is 208 cm³/mol. The van der Waals surface area contributed by atoms with Crippen LogP contribution in [0.5, 0.6) is 0 Å². The first-order valence-electron chi connectivity index (χ1n) is 20.0. The molecule has 0 aliphatic carbocycles. The van der Waals surface area contributed by atoms with Crippen LogP contribution in [0.4, 0.5) is 11.4 Å². The van der Waals surface area contributed by atoms with Crippen molar-refractivity contribution in [1.29, 1.82) is 0 Å². The molecule has 0 fully saturated rings. The molecule has 2 rings (SSSR count). The molecule has 3 heteroatoms. The van der Waals surface area contributed by atoms with Crippen molar-refractivity contribution >= 4 is 22.8 Å². The summed E-state index contributed by atoms with van der Waals surface area (Å²) in [5.41, 5.74) is 10.6. The Kier molecular flexibility index (Phi) is 25.9. The molecule has 0 unspecified atom stereocenters. The molecule has 47 heavy (non-hydrogen) atoms. The molecule has 0 saturated heterocycles. The number of hydrogen-bond donors (Lipinski definition) is 0. The van der Waals surface area contributed by atoms with Crippen LogP contribution in [-0.2, 0) is 42.2 Å². The molecule has 2 nitrogen and oxygen atoms in total. The average molecular weight is 688 g/mol. The zero-order chi connectivity index (χ0) is 33.2. The Morgan fingerprint density at radius 1 is 0.383 bits per heavy atom. The molecule has 0 amide bonds. The van der Waals surface area contributed by atoms with Crippen molar-refractivity contribution in [3.63, 3.8) is 0 Å². The van der Waals surface area contributed by atoms with Gasteiger partial charge in [-0.15, -0.1) is 0 Å². The van der Waals surface area contributed by atoms with Gasteiger partial charge in [-0.2, -0.15) is 0 Å². The second-order valence-corrected chi connectivity index (χ2v) is 13.8. The molecular weight excluding hydrogens is 615 g/mol. The first-order valence-corrected chi connectivity index (χ1v) is 20.0. The number of nitrogens with zero attached hydrogens (tertiary/aromatic N) is 2. The van der Waals surface area contributed by atoms with E-state index >= 15 is 0 Å². The fourth-order valence-electron chi connectivity index (χ4n) is 6.71. The second kappa shape index (κ2) is 28.1. The minimum atomic E-state index is 0. The van der Waals surface area contributed by atoms with E-state index in [1.165, 1.54) is 143 Å². The number of aliphatic imine (C=N–C) groups is 2. The molecule has 0 atom stereocenters. The van der Waals surface area contributed by atoms with Gasteiger partial charge in [0.2, 0.25) is 0 Å². The summed E-state index contributed by atoms with van der Waals surface area (Å²) in [6.07, 6.45) is 30.1. The molecule has 0 N–H and O–H groups in total. The van der Waals surface area contributed by atoms with E-state index in [4.69, 9.17) is 9.98 Å². The quantitative estimate of drug-likeness (QED) is 0.0507. The molecular formula is C44H72N2Ni. The molecule has 268 valence electrons. The van der Waals surface area contributed by atoms with E-state index in [0.717, 1.165) is 56.3 Å². The van der Waals surface area contributed by atoms with Gasteiger partial charge in [0.05, 0.1) is 22.8 Å². The minimum absolute atomic E-state index is 0. The van der Waals surface area contributed by atoms with Gasteiger partial charge in [0.1, 0.15) is 0 Å². The van der Waals surface area contributed by atoms with Crippen LogP contribution in [0.3, 0.4) is 0 Å². The van der Waals surface area contributed by atoms with Gasteiger partial charge in [-0.25, -0.2) is 0 Å². The van der Waals surface area contributed by atoms with Gasteiger partial charge in [0, 0.05) is 16.5 Å². The van der Waals surface area contributed by atoms with Crippen LogP contribution < -0.4 is 0 Å². The normalized spacial score (nSPS) is 12.0. The van der Waals surface area contributed by atoms with Crippen molar-refractivity contribution < 1.29 is 16.5 Å². The van der Waals surface area contributed by atoms with E-state index in [1.807, 2.05) is 0 Å². The number of unbranched alkanes of at least 4 members (excludes halogenated alkanes) is 12. The molecule has 0 aliphatic heterocycles. The summed E-state index contributed by atoms with van der Waals surface area (Å²) in [7, 11) is 0. The third-order valence-electron chi connectivity index (χ3n) is 9.35. The molecule has 0 heterocycles. The summed E-state index contributed by atoms with van der Waals surface area (Å²) in [5.74, 6) is 0. The Labute approximate surface area is 302 Å². The van der Waals surface area contributed by atoms with Crippen LogP contribution in [0, 0.1) is 0 Å². The Morgan fingerprint density at radius 2 is 0.723 bits per heavy atom. The molecule has 0 aliphatic rings. The number of hydrogen-bond acceptors (Lipinski definition) is 2. The molecule has 0 radical (unpaired) electrons. The van der Waals surface area contributed by atoms with E-state index in [1.54, 1.807) is 0 Å². The third-order valence-corrected chi connectivity index (χ3v) is 9.35. The molecule has 0 aromatic heterocycles. The van der Waals surface area contributed by atoms with E-state index < -0.39 is 0 Å². The summed E-state index contributed by atoms with van der Waals surface area (Å²) in [6.45, 7) is 13.7. The Hall–Kier alpha value is -1.73. The van der Waals surface area contributed by atoms with E-state index in [2.05, 4.69) is 77.9 Å². The number of aryl methyl sites for hydroxylation is 4. The Bertz CT molecular complexity index is 1130. The monoisotopic (exact) mass is 687 g/mol. The number of rotatable bonds is 27. The van der Waals surface area contributed by atoms with E-state index in [-0.39, 0.29) is 16.5 Å². The van der Waals surface area contributed by atoms with Crippen molar-refractivity contribution in [2.24, 2.45) is 9.98 Å².